The number of hydrogen-bond donors (Lipinski definition) is 1. The first-order valence-corrected chi connectivity index (χ1v) is 6.28. The van der Waals surface area contributed by atoms with Crippen molar-refractivity contribution >= 4 is 5.78 Å². The molecule has 3 rings (SSSR count). The van der Waals surface area contributed by atoms with E-state index in [1.54, 1.807) is 25.1 Å². The Labute approximate surface area is 118 Å². The van der Waals surface area contributed by atoms with Gasteiger partial charge in [-0.2, -0.15) is 0 Å². The molecule has 0 radical (unpaired) electrons. The summed E-state index contributed by atoms with van der Waals surface area (Å²) in [5.74, 6) is 0.830. The van der Waals surface area contributed by atoms with Crippen LogP contribution in [0.3, 0.4) is 0 Å². The van der Waals surface area contributed by atoms with E-state index in [1.807, 2.05) is 0 Å². The number of aromatic nitrogens is 2. The van der Waals surface area contributed by atoms with Gasteiger partial charge >= 0.3 is 5.69 Å². The summed E-state index contributed by atoms with van der Waals surface area (Å²) in [7, 11) is 0. The molecular formula is C14H12N2O5. The second-order valence-corrected chi connectivity index (χ2v) is 4.69. The van der Waals surface area contributed by atoms with Gasteiger partial charge in [-0.25, -0.2) is 4.79 Å². The third-order valence-corrected chi connectivity index (χ3v) is 3.20. The third kappa shape index (κ3) is 2.45. The van der Waals surface area contributed by atoms with Crippen LogP contribution < -0.4 is 20.7 Å². The number of carbonyl (C=O) groups excluding carboxylic acids is 1. The van der Waals surface area contributed by atoms with E-state index >= 15 is 0 Å². The van der Waals surface area contributed by atoms with Crippen molar-refractivity contribution in [2.24, 2.45) is 0 Å². The van der Waals surface area contributed by atoms with Crippen LogP contribution in [0.1, 0.15) is 15.9 Å². The molecule has 108 valence electrons. The van der Waals surface area contributed by atoms with Gasteiger partial charge in [0.25, 0.3) is 5.56 Å². The normalized spacial score (nSPS) is 12.4. The van der Waals surface area contributed by atoms with Crippen LogP contribution in [0.25, 0.3) is 0 Å². The quantitative estimate of drug-likeness (QED) is 0.828. The predicted octanol–water partition coefficient (Wildman–Crippen LogP) is 0.457. The first-order valence-electron chi connectivity index (χ1n) is 6.28. The van der Waals surface area contributed by atoms with Gasteiger partial charge in [-0.05, 0) is 25.1 Å². The molecule has 0 spiro atoms. The Morgan fingerprint density at radius 3 is 2.86 bits per heavy atom. The van der Waals surface area contributed by atoms with E-state index in [4.69, 9.17) is 9.47 Å². The van der Waals surface area contributed by atoms with Crippen molar-refractivity contribution in [3.63, 3.8) is 0 Å². The van der Waals surface area contributed by atoms with Gasteiger partial charge in [0.05, 0.1) is 6.54 Å². The maximum Gasteiger partial charge on any atom is 0.328 e. The zero-order valence-corrected chi connectivity index (χ0v) is 11.2. The molecule has 1 aliphatic heterocycles. The Kier molecular flexibility index (Phi) is 3.09. The highest BCUT2D eigenvalue weighted by molar-refractivity contribution is 5.96. The summed E-state index contributed by atoms with van der Waals surface area (Å²) in [6, 6.07) is 4.84. The highest BCUT2D eigenvalue weighted by Crippen LogP contribution is 2.32. The van der Waals surface area contributed by atoms with E-state index in [0.717, 1.165) is 0 Å². The Balaban J connectivity index is 1.88. The summed E-state index contributed by atoms with van der Waals surface area (Å²) >= 11 is 0. The van der Waals surface area contributed by atoms with Crippen molar-refractivity contribution in [2.75, 3.05) is 6.79 Å². The summed E-state index contributed by atoms with van der Waals surface area (Å²) in [5.41, 5.74) is -0.283. The largest absolute Gasteiger partial charge is 0.454 e. The molecule has 7 heteroatoms. The van der Waals surface area contributed by atoms with Gasteiger partial charge in [-0.1, -0.05) is 0 Å². The van der Waals surface area contributed by atoms with Crippen LogP contribution in [0, 0.1) is 6.92 Å². The van der Waals surface area contributed by atoms with E-state index in [2.05, 4.69) is 4.98 Å². The summed E-state index contributed by atoms with van der Waals surface area (Å²) < 4.78 is 11.5. The van der Waals surface area contributed by atoms with Gasteiger partial charge in [0.15, 0.2) is 17.3 Å². The van der Waals surface area contributed by atoms with Gasteiger partial charge in [-0.3, -0.25) is 19.1 Å². The molecule has 0 amide bonds. The molecule has 0 atom stereocenters. The maximum atomic E-state index is 12.2. The second-order valence-electron chi connectivity index (χ2n) is 4.69. The van der Waals surface area contributed by atoms with Crippen LogP contribution in [0.15, 0.2) is 34.0 Å². The van der Waals surface area contributed by atoms with Crippen molar-refractivity contribution in [1.29, 1.82) is 0 Å². The lowest BCUT2D eigenvalue weighted by atomic mass is 10.1. The van der Waals surface area contributed by atoms with Crippen LogP contribution in [0.4, 0.5) is 0 Å². The van der Waals surface area contributed by atoms with Crippen LogP contribution >= 0.6 is 0 Å². The van der Waals surface area contributed by atoms with E-state index in [-0.39, 0.29) is 19.1 Å². The fourth-order valence-corrected chi connectivity index (χ4v) is 2.05. The fourth-order valence-electron chi connectivity index (χ4n) is 2.05. The van der Waals surface area contributed by atoms with Crippen LogP contribution in [0.5, 0.6) is 11.5 Å². The number of ketones is 1. The molecule has 2 aromatic rings. The molecule has 0 aliphatic carbocycles. The molecule has 1 aromatic heterocycles. The second kappa shape index (κ2) is 4.93. The minimum absolute atomic E-state index is 0.131. The minimum atomic E-state index is -0.611. The summed E-state index contributed by atoms with van der Waals surface area (Å²) in [5, 5.41) is 0. The van der Waals surface area contributed by atoms with Gasteiger partial charge in [0.1, 0.15) is 0 Å². The number of hydrogen-bond acceptors (Lipinski definition) is 5. The van der Waals surface area contributed by atoms with Crippen LogP contribution in [-0.2, 0) is 6.54 Å². The first kappa shape index (κ1) is 13.2. The third-order valence-electron chi connectivity index (χ3n) is 3.20. The fraction of sp³-hybridized carbons (Fsp3) is 0.214. The molecule has 1 aromatic carbocycles. The number of rotatable bonds is 3. The standard InChI is InChI=1S/C14H12N2O5/c1-8-5-16(14(19)15-13(8)18)6-10(17)9-2-3-11-12(4-9)21-7-20-11/h2-5H,6-7H2,1H3,(H,15,18,19). The Bertz CT molecular complexity index is 834. The maximum absolute atomic E-state index is 12.2. The number of aromatic amines is 1. The number of H-pyrrole nitrogens is 1. The van der Waals surface area contributed by atoms with Crippen molar-refractivity contribution in [3.8, 4) is 11.5 Å². The first-order chi connectivity index (χ1) is 10.0. The van der Waals surface area contributed by atoms with Gasteiger partial charge in [-0.15, -0.1) is 0 Å². The minimum Gasteiger partial charge on any atom is -0.454 e. The molecule has 2 heterocycles. The van der Waals surface area contributed by atoms with Gasteiger partial charge < -0.3 is 9.47 Å². The zero-order valence-electron chi connectivity index (χ0n) is 11.2. The number of aryl methyl sites for hydroxylation is 1. The lowest BCUT2D eigenvalue weighted by Crippen LogP contribution is -2.32. The summed E-state index contributed by atoms with van der Waals surface area (Å²) in [6.07, 6.45) is 1.37. The number of nitrogens with one attached hydrogen (secondary N) is 1. The van der Waals surface area contributed by atoms with E-state index < -0.39 is 11.2 Å². The SMILES string of the molecule is Cc1cn(CC(=O)c2ccc3c(c2)OCO3)c(=O)[nH]c1=O. The molecule has 21 heavy (non-hydrogen) atoms. The molecule has 0 saturated carbocycles. The number of Topliss-reactive ketones (excluding diaryl/α,β-unsaturated/α-hetero) is 1. The number of fused-ring (bicyclic) bond motifs is 1. The average molecular weight is 288 g/mol. The van der Waals surface area contributed by atoms with E-state index in [9.17, 15) is 14.4 Å². The molecule has 1 aliphatic rings. The monoisotopic (exact) mass is 288 g/mol. The molecular weight excluding hydrogens is 276 g/mol. The number of carbonyl (C=O) groups is 1. The highest BCUT2D eigenvalue weighted by atomic mass is 16.7. The number of ether oxygens (including phenoxy) is 2. The number of nitrogens with zero attached hydrogens (tertiary/aromatic N) is 1. The Morgan fingerprint density at radius 1 is 1.29 bits per heavy atom. The molecule has 0 saturated heterocycles. The molecule has 0 fully saturated rings. The average Bonchev–Trinajstić information content (AvgIpc) is 2.92. The van der Waals surface area contributed by atoms with E-state index in [1.165, 1.54) is 10.8 Å². The molecule has 7 nitrogen and oxygen atoms in total. The lowest BCUT2D eigenvalue weighted by Gasteiger charge is -2.06. The van der Waals surface area contributed by atoms with Crippen molar-refractivity contribution in [2.45, 2.75) is 13.5 Å². The summed E-state index contributed by atoms with van der Waals surface area (Å²) in [6.45, 7) is 1.54. The lowest BCUT2D eigenvalue weighted by molar-refractivity contribution is 0.0969. The van der Waals surface area contributed by atoms with Crippen molar-refractivity contribution in [3.05, 3.63) is 56.4 Å². The van der Waals surface area contributed by atoms with E-state index in [0.29, 0.717) is 22.6 Å². The van der Waals surface area contributed by atoms with Crippen LogP contribution in [0.2, 0.25) is 0 Å². The Morgan fingerprint density at radius 2 is 2.05 bits per heavy atom. The number of benzene rings is 1. The van der Waals surface area contributed by atoms with Crippen molar-refractivity contribution in [1.82, 2.24) is 9.55 Å². The zero-order chi connectivity index (χ0) is 15.0. The summed E-state index contributed by atoms with van der Waals surface area (Å²) in [4.78, 5) is 37.3. The predicted molar refractivity (Wildman–Crippen MR) is 73.0 cm³/mol. The topological polar surface area (TPSA) is 90.4 Å². The molecule has 0 unspecified atom stereocenters. The highest BCUT2D eigenvalue weighted by Gasteiger charge is 2.16. The van der Waals surface area contributed by atoms with Gasteiger partial charge in [0.2, 0.25) is 6.79 Å². The molecule has 1 N–H and O–H groups in total. The smallest absolute Gasteiger partial charge is 0.328 e. The molecule has 0 bridgehead atoms. The Hall–Kier alpha value is -2.83. The van der Waals surface area contributed by atoms with Crippen molar-refractivity contribution < 1.29 is 14.3 Å². The van der Waals surface area contributed by atoms with Gasteiger partial charge in [0, 0.05) is 17.3 Å². The van der Waals surface area contributed by atoms with Crippen LogP contribution in [-0.4, -0.2) is 22.1 Å².